The third kappa shape index (κ3) is 3.17. The molecule has 3 N–H and O–H groups in total. The molecule has 18 heavy (non-hydrogen) atoms. The summed E-state index contributed by atoms with van der Waals surface area (Å²) in [4.78, 5) is 0. The highest BCUT2D eigenvalue weighted by Crippen LogP contribution is 2.26. The van der Waals surface area contributed by atoms with Crippen molar-refractivity contribution in [3.8, 4) is 0 Å². The van der Waals surface area contributed by atoms with Crippen LogP contribution in [0.1, 0.15) is 18.9 Å². The van der Waals surface area contributed by atoms with Gasteiger partial charge in [-0.1, -0.05) is 37.1 Å². The van der Waals surface area contributed by atoms with Crippen LogP contribution in [0.2, 0.25) is 5.02 Å². The molecule has 2 rings (SSSR count). The van der Waals surface area contributed by atoms with Gasteiger partial charge in [-0.25, -0.2) is 0 Å². The molecular formula is C15H17ClN2. The SMILES string of the molecule is CCCc1ccc(Nc2cc(Cl)ccc2N)cc1. The Labute approximate surface area is 113 Å². The van der Waals surface area contributed by atoms with Crippen molar-refractivity contribution < 1.29 is 0 Å². The van der Waals surface area contributed by atoms with E-state index in [9.17, 15) is 0 Å². The standard InChI is InChI=1S/C15H17ClN2/c1-2-3-11-4-7-13(8-5-11)18-15-10-12(16)6-9-14(15)17/h4-10,18H,2-3,17H2,1H3. The maximum Gasteiger partial charge on any atom is 0.0632 e. The first-order chi connectivity index (χ1) is 8.69. The molecule has 0 aliphatic carbocycles. The zero-order valence-electron chi connectivity index (χ0n) is 10.4. The lowest BCUT2D eigenvalue weighted by Crippen LogP contribution is -1.96. The van der Waals surface area contributed by atoms with Crippen LogP contribution < -0.4 is 11.1 Å². The number of rotatable bonds is 4. The minimum Gasteiger partial charge on any atom is -0.397 e. The molecule has 0 aliphatic rings. The molecule has 0 bridgehead atoms. The molecule has 0 aromatic heterocycles. The molecule has 2 nitrogen and oxygen atoms in total. The maximum atomic E-state index is 5.95. The van der Waals surface area contributed by atoms with Gasteiger partial charge < -0.3 is 11.1 Å². The summed E-state index contributed by atoms with van der Waals surface area (Å²) in [5, 5.41) is 3.95. The zero-order chi connectivity index (χ0) is 13.0. The fraction of sp³-hybridized carbons (Fsp3) is 0.200. The number of benzene rings is 2. The Bertz CT molecular complexity index is 521. The number of aryl methyl sites for hydroxylation is 1. The summed E-state index contributed by atoms with van der Waals surface area (Å²) in [5.41, 5.74) is 9.79. The Morgan fingerprint density at radius 3 is 2.50 bits per heavy atom. The maximum absolute atomic E-state index is 5.95. The zero-order valence-corrected chi connectivity index (χ0v) is 11.2. The van der Waals surface area contributed by atoms with Gasteiger partial charge in [0.25, 0.3) is 0 Å². The second-order valence-electron chi connectivity index (χ2n) is 4.30. The van der Waals surface area contributed by atoms with Crippen molar-refractivity contribution >= 4 is 28.7 Å². The number of nitrogen functional groups attached to an aromatic ring is 1. The monoisotopic (exact) mass is 260 g/mol. The second-order valence-corrected chi connectivity index (χ2v) is 4.74. The Hall–Kier alpha value is -1.67. The van der Waals surface area contributed by atoms with Gasteiger partial charge in [0, 0.05) is 10.7 Å². The lowest BCUT2D eigenvalue weighted by Gasteiger charge is -2.10. The van der Waals surface area contributed by atoms with Gasteiger partial charge in [-0.2, -0.15) is 0 Å². The number of anilines is 3. The molecule has 0 aliphatic heterocycles. The van der Waals surface area contributed by atoms with Crippen LogP contribution in [0.3, 0.4) is 0 Å². The number of halogens is 1. The number of nitrogens with two attached hydrogens (primary N) is 1. The molecule has 0 saturated carbocycles. The largest absolute Gasteiger partial charge is 0.397 e. The summed E-state index contributed by atoms with van der Waals surface area (Å²) in [6.45, 7) is 2.18. The third-order valence-electron chi connectivity index (χ3n) is 2.79. The molecule has 2 aromatic rings. The van der Waals surface area contributed by atoms with Crippen LogP contribution >= 0.6 is 11.6 Å². The van der Waals surface area contributed by atoms with E-state index in [0.29, 0.717) is 10.7 Å². The molecule has 3 heteroatoms. The molecular weight excluding hydrogens is 244 g/mol. The number of nitrogens with one attached hydrogen (secondary N) is 1. The lowest BCUT2D eigenvalue weighted by molar-refractivity contribution is 0.922. The van der Waals surface area contributed by atoms with Crippen molar-refractivity contribution in [3.05, 3.63) is 53.1 Å². The molecule has 0 unspecified atom stereocenters. The first kappa shape index (κ1) is 12.8. The molecule has 0 radical (unpaired) electrons. The summed E-state index contributed by atoms with van der Waals surface area (Å²) in [5.74, 6) is 0. The van der Waals surface area contributed by atoms with Crippen LogP contribution in [0.4, 0.5) is 17.1 Å². The van der Waals surface area contributed by atoms with E-state index in [-0.39, 0.29) is 0 Å². The molecule has 0 spiro atoms. The van der Waals surface area contributed by atoms with E-state index in [4.69, 9.17) is 17.3 Å². The van der Waals surface area contributed by atoms with E-state index in [1.54, 1.807) is 12.1 Å². The summed E-state index contributed by atoms with van der Waals surface area (Å²) in [6.07, 6.45) is 2.27. The molecule has 94 valence electrons. The minimum absolute atomic E-state index is 0.675. The van der Waals surface area contributed by atoms with E-state index >= 15 is 0 Å². The van der Waals surface area contributed by atoms with E-state index in [1.807, 2.05) is 6.07 Å². The van der Waals surface area contributed by atoms with Gasteiger partial charge in [0.15, 0.2) is 0 Å². The van der Waals surface area contributed by atoms with E-state index in [2.05, 4.69) is 36.5 Å². The molecule has 0 atom stereocenters. The van der Waals surface area contributed by atoms with Gasteiger partial charge in [0.05, 0.1) is 11.4 Å². The molecule has 2 aromatic carbocycles. The average molecular weight is 261 g/mol. The van der Waals surface area contributed by atoms with Crippen LogP contribution in [0.25, 0.3) is 0 Å². The van der Waals surface area contributed by atoms with Gasteiger partial charge >= 0.3 is 0 Å². The highest BCUT2D eigenvalue weighted by molar-refractivity contribution is 6.31. The second kappa shape index (κ2) is 5.78. The van der Waals surface area contributed by atoms with Crippen LogP contribution in [-0.4, -0.2) is 0 Å². The van der Waals surface area contributed by atoms with Crippen molar-refractivity contribution in [2.24, 2.45) is 0 Å². The first-order valence-electron chi connectivity index (χ1n) is 6.10. The lowest BCUT2D eigenvalue weighted by atomic mass is 10.1. The molecule has 0 amide bonds. The number of hydrogen-bond acceptors (Lipinski definition) is 2. The normalized spacial score (nSPS) is 10.3. The fourth-order valence-corrected chi connectivity index (χ4v) is 2.01. The summed E-state index contributed by atoms with van der Waals surface area (Å²) in [7, 11) is 0. The van der Waals surface area contributed by atoms with Crippen molar-refractivity contribution in [1.82, 2.24) is 0 Å². The highest BCUT2D eigenvalue weighted by atomic mass is 35.5. The predicted octanol–water partition coefficient (Wildman–Crippen LogP) is 4.62. The topological polar surface area (TPSA) is 38.0 Å². The van der Waals surface area contributed by atoms with Crippen LogP contribution in [-0.2, 0) is 6.42 Å². The third-order valence-corrected chi connectivity index (χ3v) is 3.02. The van der Waals surface area contributed by atoms with Crippen LogP contribution in [0.15, 0.2) is 42.5 Å². The van der Waals surface area contributed by atoms with E-state index in [1.165, 1.54) is 5.56 Å². The predicted molar refractivity (Wildman–Crippen MR) is 79.6 cm³/mol. The van der Waals surface area contributed by atoms with Crippen molar-refractivity contribution in [1.29, 1.82) is 0 Å². The Kier molecular flexibility index (Phi) is 4.11. The van der Waals surface area contributed by atoms with Gasteiger partial charge in [-0.3, -0.25) is 0 Å². The van der Waals surface area contributed by atoms with Gasteiger partial charge in [0.2, 0.25) is 0 Å². The quantitative estimate of drug-likeness (QED) is 0.788. The van der Waals surface area contributed by atoms with Crippen molar-refractivity contribution in [3.63, 3.8) is 0 Å². The minimum atomic E-state index is 0.675. The summed E-state index contributed by atoms with van der Waals surface area (Å²) >= 11 is 5.95. The van der Waals surface area contributed by atoms with E-state index < -0.39 is 0 Å². The smallest absolute Gasteiger partial charge is 0.0632 e. The molecule has 0 saturated heterocycles. The molecule has 0 heterocycles. The van der Waals surface area contributed by atoms with Gasteiger partial charge in [-0.15, -0.1) is 0 Å². The van der Waals surface area contributed by atoms with Crippen LogP contribution in [0.5, 0.6) is 0 Å². The fourth-order valence-electron chi connectivity index (χ4n) is 1.84. The Morgan fingerprint density at radius 2 is 1.83 bits per heavy atom. The highest BCUT2D eigenvalue weighted by Gasteiger charge is 2.01. The molecule has 0 fully saturated rings. The first-order valence-corrected chi connectivity index (χ1v) is 6.48. The average Bonchev–Trinajstić information content (AvgIpc) is 2.37. The van der Waals surface area contributed by atoms with Gasteiger partial charge in [-0.05, 0) is 42.3 Å². The summed E-state index contributed by atoms with van der Waals surface area (Å²) in [6, 6.07) is 13.8. The number of hydrogen-bond donors (Lipinski definition) is 2. The van der Waals surface area contributed by atoms with E-state index in [0.717, 1.165) is 24.2 Å². The van der Waals surface area contributed by atoms with Crippen molar-refractivity contribution in [2.45, 2.75) is 19.8 Å². The van der Waals surface area contributed by atoms with Crippen LogP contribution in [0, 0.1) is 0 Å². The summed E-state index contributed by atoms with van der Waals surface area (Å²) < 4.78 is 0. The Morgan fingerprint density at radius 1 is 1.11 bits per heavy atom. The Balaban J connectivity index is 2.15. The van der Waals surface area contributed by atoms with Gasteiger partial charge in [0.1, 0.15) is 0 Å². The van der Waals surface area contributed by atoms with Crippen molar-refractivity contribution in [2.75, 3.05) is 11.1 Å².